The molecule has 1 aromatic carbocycles. The second-order valence-corrected chi connectivity index (χ2v) is 7.29. The zero-order valence-corrected chi connectivity index (χ0v) is 16.5. The monoisotopic (exact) mass is 395 g/mol. The van der Waals surface area contributed by atoms with E-state index < -0.39 is 0 Å². The summed E-state index contributed by atoms with van der Waals surface area (Å²) < 4.78 is 5.20. The lowest BCUT2D eigenvalue weighted by molar-refractivity contribution is -0.123. The minimum atomic E-state index is -0.257. The van der Waals surface area contributed by atoms with Crippen LogP contribution in [0.1, 0.15) is 17.8 Å². The van der Waals surface area contributed by atoms with Gasteiger partial charge in [0.25, 0.3) is 0 Å². The number of rotatable bonds is 8. The number of benzene rings is 1. The third-order valence-corrected chi connectivity index (χ3v) is 4.90. The van der Waals surface area contributed by atoms with E-state index >= 15 is 0 Å². The van der Waals surface area contributed by atoms with Gasteiger partial charge in [0.1, 0.15) is 5.75 Å². The Morgan fingerprint density at radius 3 is 2.65 bits per heavy atom. The molecule has 6 nitrogen and oxygen atoms in total. The fourth-order valence-corrected chi connectivity index (χ4v) is 3.32. The smallest absolute Gasteiger partial charge is 0.238 e. The predicted molar refractivity (Wildman–Crippen MR) is 105 cm³/mol. The summed E-state index contributed by atoms with van der Waals surface area (Å²) in [6, 6.07) is 8.85. The Bertz CT molecular complexity index is 752. The van der Waals surface area contributed by atoms with Gasteiger partial charge >= 0.3 is 0 Å². The summed E-state index contributed by atoms with van der Waals surface area (Å²) >= 11 is 7.55. The first-order valence-corrected chi connectivity index (χ1v) is 9.29. The van der Waals surface area contributed by atoms with Crippen molar-refractivity contribution in [1.82, 2.24) is 10.2 Å². The molecule has 8 heteroatoms. The normalized spacial score (nSPS) is 11.9. The van der Waals surface area contributed by atoms with E-state index in [4.69, 9.17) is 16.3 Å². The highest BCUT2D eigenvalue weighted by atomic mass is 35.5. The standard InChI is InChI=1S/C18H22ClN3O3S/c1-12(16-5-4-8-26-16)20-17(23)10-22(2)11-18(24)21-14-9-13(19)6-7-15(14)25-3/h4-9,12H,10-11H2,1-3H3,(H,20,23)(H,21,24). The fourth-order valence-electron chi connectivity index (χ4n) is 2.41. The second-order valence-electron chi connectivity index (χ2n) is 5.87. The van der Waals surface area contributed by atoms with Crippen LogP contribution >= 0.6 is 22.9 Å². The molecular formula is C18H22ClN3O3S. The van der Waals surface area contributed by atoms with Crippen LogP contribution in [0.25, 0.3) is 0 Å². The largest absolute Gasteiger partial charge is 0.495 e. The van der Waals surface area contributed by atoms with Gasteiger partial charge in [0.15, 0.2) is 0 Å². The van der Waals surface area contributed by atoms with Crippen LogP contribution < -0.4 is 15.4 Å². The maximum absolute atomic E-state index is 12.2. The first-order valence-electron chi connectivity index (χ1n) is 8.03. The number of carbonyl (C=O) groups is 2. The molecule has 0 saturated heterocycles. The molecule has 0 saturated carbocycles. The first kappa shape index (κ1) is 20.2. The van der Waals surface area contributed by atoms with E-state index in [9.17, 15) is 9.59 Å². The molecule has 140 valence electrons. The molecule has 0 aliphatic heterocycles. The molecular weight excluding hydrogens is 374 g/mol. The molecule has 1 unspecified atom stereocenters. The lowest BCUT2D eigenvalue weighted by Gasteiger charge is -2.18. The van der Waals surface area contributed by atoms with Gasteiger partial charge in [-0.05, 0) is 43.6 Å². The van der Waals surface area contributed by atoms with Crippen molar-refractivity contribution in [1.29, 1.82) is 0 Å². The van der Waals surface area contributed by atoms with E-state index in [0.717, 1.165) is 4.88 Å². The Labute approximate surface area is 162 Å². The number of anilines is 1. The molecule has 0 fully saturated rings. The number of halogens is 1. The molecule has 1 aromatic heterocycles. The van der Waals surface area contributed by atoms with E-state index in [-0.39, 0.29) is 30.9 Å². The van der Waals surface area contributed by atoms with E-state index in [1.54, 1.807) is 41.5 Å². The number of amides is 2. The van der Waals surface area contributed by atoms with Crippen LogP contribution in [-0.2, 0) is 9.59 Å². The Morgan fingerprint density at radius 2 is 2.00 bits per heavy atom. The van der Waals surface area contributed by atoms with Gasteiger partial charge in [0.05, 0.1) is 31.9 Å². The Balaban J connectivity index is 1.83. The lowest BCUT2D eigenvalue weighted by atomic mass is 10.2. The molecule has 2 aromatic rings. The van der Waals surface area contributed by atoms with Gasteiger partial charge in [-0.15, -0.1) is 11.3 Å². The Hall–Kier alpha value is -2.09. The van der Waals surface area contributed by atoms with Gasteiger partial charge in [-0.3, -0.25) is 14.5 Å². The van der Waals surface area contributed by atoms with E-state index in [2.05, 4.69) is 10.6 Å². The first-order chi connectivity index (χ1) is 12.4. The summed E-state index contributed by atoms with van der Waals surface area (Å²) in [4.78, 5) is 27.1. The van der Waals surface area contributed by atoms with Crippen molar-refractivity contribution < 1.29 is 14.3 Å². The van der Waals surface area contributed by atoms with E-state index in [0.29, 0.717) is 16.5 Å². The highest BCUT2D eigenvalue weighted by Gasteiger charge is 2.15. The quantitative estimate of drug-likeness (QED) is 0.720. The van der Waals surface area contributed by atoms with Crippen molar-refractivity contribution in [2.24, 2.45) is 0 Å². The number of thiophene rings is 1. The summed E-state index contributed by atoms with van der Waals surface area (Å²) in [5.41, 5.74) is 0.495. The van der Waals surface area contributed by atoms with Crippen molar-refractivity contribution >= 4 is 40.4 Å². The molecule has 2 rings (SSSR count). The van der Waals surface area contributed by atoms with Crippen molar-refractivity contribution in [2.75, 3.05) is 32.6 Å². The summed E-state index contributed by atoms with van der Waals surface area (Å²) in [6.07, 6.45) is 0. The highest BCUT2D eigenvalue weighted by Crippen LogP contribution is 2.27. The van der Waals surface area contributed by atoms with Gasteiger partial charge in [-0.1, -0.05) is 17.7 Å². The Kier molecular flexibility index (Phi) is 7.44. The van der Waals surface area contributed by atoms with Gasteiger partial charge in [-0.2, -0.15) is 0 Å². The molecule has 2 amide bonds. The average Bonchev–Trinajstić information content (AvgIpc) is 3.09. The van der Waals surface area contributed by atoms with Crippen molar-refractivity contribution in [3.63, 3.8) is 0 Å². The summed E-state index contributed by atoms with van der Waals surface area (Å²) in [6.45, 7) is 2.12. The second kappa shape index (κ2) is 9.56. The highest BCUT2D eigenvalue weighted by molar-refractivity contribution is 7.10. The molecule has 0 spiro atoms. The zero-order valence-electron chi connectivity index (χ0n) is 14.9. The predicted octanol–water partition coefficient (Wildman–Crippen LogP) is 3.16. The number of hydrogen-bond acceptors (Lipinski definition) is 5. The number of methoxy groups -OCH3 is 1. The minimum absolute atomic E-state index is 0.0551. The Morgan fingerprint density at radius 1 is 1.27 bits per heavy atom. The van der Waals surface area contributed by atoms with Gasteiger partial charge < -0.3 is 15.4 Å². The number of likely N-dealkylation sites (N-methyl/N-ethyl adjacent to an activating group) is 1. The van der Waals surface area contributed by atoms with Crippen molar-refractivity contribution in [3.05, 3.63) is 45.6 Å². The fraction of sp³-hybridized carbons (Fsp3) is 0.333. The van der Waals surface area contributed by atoms with Gasteiger partial charge in [0.2, 0.25) is 11.8 Å². The maximum Gasteiger partial charge on any atom is 0.238 e. The van der Waals surface area contributed by atoms with Crippen LogP contribution in [0.4, 0.5) is 5.69 Å². The van der Waals surface area contributed by atoms with Crippen LogP contribution in [0.5, 0.6) is 5.75 Å². The average molecular weight is 396 g/mol. The molecule has 0 aliphatic rings. The zero-order chi connectivity index (χ0) is 19.1. The maximum atomic E-state index is 12.2. The van der Waals surface area contributed by atoms with Crippen LogP contribution in [0.15, 0.2) is 35.7 Å². The van der Waals surface area contributed by atoms with Gasteiger partial charge in [-0.25, -0.2) is 0 Å². The number of nitrogens with zero attached hydrogens (tertiary/aromatic N) is 1. The van der Waals surface area contributed by atoms with Crippen molar-refractivity contribution in [3.8, 4) is 5.75 Å². The lowest BCUT2D eigenvalue weighted by Crippen LogP contribution is -2.39. The number of nitrogens with one attached hydrogen (secondary N) is 2. The molecule has 0 aliphatic carbocycles. The van der Waals surface area contributed by atoms with E-state index in [1.807, 2.05) is 24.4 Å². The molecule has 2 N–H and O–H groups in total. The van der Waals surface area contributed by atoms with Gasteiger partial charge in [0, 0.05) is 9.90 Å². The van der Waals surface area contributed by atoms with Crippen LogP contribution in [0.2, 0.25) is 5.02 Å². The molecule has 1 heterocycles. The third kappa shape index (κ3) is 6.01. The minimum Gasteiger partial charge on any atom is -0.495 e. The molecule has 0 bridgehead atoms. The summed E-state index contributed by atoms with van der Waals surface area (Å²) in [5, 5.41) is 8.14. The van der Waals surface area contributed by atoms with E-state index in [1.165, 1.54) is 7.11 Å². The molecule has 0 radical (unpaired) electrons. The molecule has 1 atom stereocenters. The third-order valence-electron chi connectivity index (χ3n) is 3.61. The van der Waals surface area contributed by atoms with Crippen LogP contribution in [-0.4, -0.2) is 44.0 Å². The SMILES string of the molecule is COc1ccc(Cl)cc1NC(=O)CN(C)CC(=O)NC(C)c1cccs1. The topological polar surface area (TPSA) is 70.7 Å². The van der Waals surface area contributed by atoms with Crippen LogP contribution in [0.3, 0.4) is 0 Å². The summed E-state index contributed by atoms with van der Waals surface area (Å²) in [5.74, 6) is 0.127. The number of ether oxygens (including phenoxy) is 1. The van der Waals surface area contributed by atoms with Crippen LogP contribution in [0, 0.1) is 0 Å². The number of hydrogen-bond donors (Lipinski definition) is 2. The number of carbonyl (C=O) groups excluding carboxylic acids is 2. The summed E-state index contributed by atoms with van der Waals surface area (Å²) in [7, 11) is 3.23. The molecule has 26 heavy (non-hydrogen) atoms. The van der Waals surface area contributed by atoms with Crippen molar-refractivity contribution in [2.45, 2.75) is 13.0 Å².